The zero-order valence-corrected chi connectivity index (χ0v) is 11.9. The Morgan fingerprint density at radius 3 is 2.50 bits per heavy atom. The van der Waals surface area contributed by atoms with E-state index in [1.807, 2.05) is 0 Å². The fraction of sp³-hybridized carbons (Fsp3) is 0.600. The molecule has 1 aromatic rings. The molecule has 0 radical (unpaired) electrons. The lowest BCUT2D eigenvalue weighted by Crippen LogP contribution is -2.28. The number of rotatable bonds is 4. The summed E-state index contributed by atoms with van der Waals surface area (Å²) in [6.07, 6.45) is 4.21. The molecule has 1 saturated carbocycles. The van der Waals surface area contributed by atoms with Crippen LogP contribution >= 0.6 is 0 Å². The summed E-state index contributed by atoms with van der Waals surface area (Å²) in [5, 5.41) is 14.1. The van der Waals surface area contributed by atoms with Crippen molar-refractivity contribution in [1.29, 1.82) is 0 Å². The summed E-state index contributed by atoms with van der Waals surface area (Å²) in [6, 6.07) is 3.76. The van der Waals surface area contributed by atoms with Gasteiger partial charge in [0, 0.05) is 18.2 Å². The van der Waals surface area contributed by atoms with E-state index in [-0.39, 0.29) is 11.7 Å². The Bertz CT molecular complexity index is 483. The number of hydrogen-bond donors (Lipinski definition) is 1. The van der Waals surface area contributed by atoms with Crippen molar-refractivity contribution in [2.24, 2.45) is 11.8 Å². The normalized spacial score (nSPS) is 22.8. The minimum Gasteiger partial charge on any atom is -0.377 e. The monoisotopic (exact) mass is 280 g/mol. The van der Waals surface area contributed by atoms with Gasteiger partial charge < -0.3 is 5.32 Å². The van der Waals surface area contributed by atoms with Gasteiger partial charge in [0.05, 0.1) is 4.92 Å². The molecule has 110 valence electrons. The standard InChI is InChI=1S/C15H21FN2O2/c1-10(2)11-3-6-13(7-4-11)17-14-9-12(16)5-8-15(14)18(19)20/h5,8-11,13,17H,3-4,6-7H2,1-2H3. The van der Waals surface area contributed by atoms with Crippen molar-refractivity contribution in [2.75, 3.05) is 5.32 Å². The van der Waals surface area contributed by atoms with Gasteiger partial charge in [-0.1, -0.05) is 13.8 Å². The predicted octanol–water partition coefficient (Wildman–Crippen LogP) is 4.36. The summed E-state index contributed by atoms with van der Waals surface area (Å²) in [7, 11) is 0. The summed E-state index contributed by atoms with van der Waals surface area (Å²) in [5.41, 5.74) is 0.236. The third-order valence-corrected chi connectivity index (χ3v) is 4.23. The quantitative estimate of drug-likeness (QED) is 0.658. The molecule has 0 atom stereocenters. The molecule has 5 heteroatoms. The number of nitro groups is 1. The largest absolute Gasteiger partial charge is 0.377 e. The number of nitrogens with one attached hydrogen (secondary N) is 1. The first-order valence-electron chi connectivity index (χ1n) is 7.18. The lowest BCUT2D eigenvalue weighted by atomic mass is 9.79. The average molecular weight is 280 g/mol. The van der Waals surface area contributed by atoms with Crippen molar-refractivity contribution in [2.45, 2.75) is 45.6 Å². The van der Waals surface area contributed by atoms with E-state index in [1.54, 1.807) is 0 Å². The Balaban J connectivity index is 2.04. The minimum atomic E-state index is -0.471. The van der Waals surface area contributed by atoms with Gasteiger partial charge in [0.25, 0.3) is 5.69 Å². The van der Waals surface area contributed by atoms with Crippen molar-refractivity contribution in [3.05, 3.63) is 34.1 Å². The van der Waals surface area contributed by atoms with E-state index in [1.165, 1.54) is 12.1 Å². The fourth-order valence-electron chi connectivity index (χ4n) is 2.93. The van der Waals surface area contributed by atoms with Gasteiger partial charge >= 0.3 is 0 Å². The molecule has 4 nitrogen and oxygen atoms in total. The molecule has 1 aliphatic rings. The number of nitrogens with zero attached hydrogens (tertiary/aromatic N) is 1. The number of anilines is 1. The van der Waals surface area contributed by atoms with Gasteiger partial charge in [-0.25, -0.2) is 4.39 Å². The molecule has 0 aromatic heterocycles. The molecule has 0 heterocycles. The second-order valence-corrected chi connectivity index (χ2v) is 5.92. The van der Waals surface area contributed by atoms with Gasteiger partial charge in [-0.3, -0.25) is 10.1 Å². The Morgan fingerprint density at radius 1 is 1.30 bits per heavy atom. The van der Waals surface area contributed by atoms with E-state index in [9.17, 15) is 14.5 Å². The Kier molecular flexibility index (Phi) is 4.57. The van der Waals surface area contributed by atoms with Crippen LogP contribution in [-0.4, -0.2) is 11.0 Å². The van der Waals surface area contributed by atoms with Gasteiger partial charge in [-0.15, -0.1) is 0 Å². The zero-order valence-electron chi connectivity index (χ0n) is 11.9. The third kappa shape index (κ3) is 3.46. The van der Waals surface area contributed by atoms with Crippen LogP contribution in [0, 0.1) is 27.8 Å². The predicted molar refractivity (Wildman–Crippen MR) is 77.3 cm³/mol. The van der Waals surface area contributed by atoms with Crippen LogP contribution in [0.5, 0.6) is 0 Å². The molecule has 0 spiro atoms. The summed E-state index contributed by atoms with van der Waals surface area (Å²) >= 11 is 0. The maximum atomic E-state index is 13.3. The highest BCUT2D eigenvalue weighted by Gasteiger charge is 2.25. The average Bonchev–Trinajstić information content (AvgIpc) is 2.39. The van der Waals surface area contributed by atoms with Crippen LogP contribution in [0.4, 0.5) is 15.8 Å². The number of halogens is 1. The van der Waals surface area contributed by atoms with Gasteiger partial charge in [0.1, 0.15) is 11.5 Å². The lowest BCUT2D eigenvalue weighted by molar-refractivity contribution is -0.384. The fourth-order valence-corrected chi connectivity index (χ4v) is 2.93. The smallest absolute Gasteiger partial charge is 0.292 e. The lowest BCUT2D eigenvalue weighted by Gasteiger charge is -2.31. The third-order valence-electron chi connectivity index (χ3n) is 4.23. The molecule has 0 bridgehead atoms. The molecule has 1 aromatic carbocycles. The molecule has 1 fully saturated rings. The first-order chi connectivity index (χ1) is 9.47. The van der Waals surface area contributed by atoms with E-state index < -0.39 is 10.7 Å². The Morgan fingerprint density at radius 2 is 1.95 bits per heavy atom. The highest BCUT2D eigenvalue weighted by molar-refractivity contribution is 5.61. The Labute approximate surface area is 118 Å². The van der Waals surface area contributed by atoms with Gasteiger partial charge in [0.2, 0.25) is 0 Å². The summed E-state index contributed by atoms with van der Waals surface area (Å²) in [5.74, 6) is 0.962. The highest BCUT2D eigenvalue weighted by Crippen LogP contribution is 2.33. The van der Waals surface area contributed by atoms with Crippen LogP contribution in [0.15, 0.2) is 18.2 Å². The molecular weight excluding hydrogens is 259 g/mol. The topological polar surface area (TPSA) is 55.2 Å². The first-order valence-corrected chi connectivity index (χ1v) is 7.18. The summed E-state index contributed by atoms with van der Waals surface area (Å²) in [4.78, 5) is 10.5. The molecule has 2 rings (SSSR count). The number of benzene rings is 1. The van der Waals surface area contributed by atoms with E-state index in [0.29, 0.717) is 11.6 Å². The molecule has 0 aliphatic heterocycles. The minimum absolute atomic E-state index is 0.0580. The van der Waals surface area contributed by atoms with Crippen LogP contribution in [-0.2, 0) is 0 Å². The molecule has 0 unspecified atom stereocenters. The van der Waals surface area contributed by atoms with Gasteiger partial charge in [-0.05, 0) is 43.6 Å². The van der Waals surface area contributed by atoms with Gasteiger partial charge in [-0.2, -0.15) is 0 Å². The highest BCUT2D eigenvalue weighted by atomic mass is 19.1. The molecule has 1 N–H and O–H groups in total. The van der Waals surface area contributed by atoms with Crippen molar-refractivity contribution in [1.82, 2.24) is 0 Å². The number of hydrogen-bond acceptors (Lipinski definition) is 3. The van der Waals surface area contributed by atoms with Gasteiger partial charge in [0.15, 0.2) is 0 Å². The van der Waals surface area contributed by atoms with E-state index in [2.05, 4.69) is 19.2 Å². The summed E-state index contributed by atoms with van der Waals surface area (Å²) < 4.78 is 13.3. The second-order valence-electron chi connectivity index (χ2n) is 5.92. The SMILES string of the molecule is CC(C)C1CCC(Nc2cc(F)ccc2[N+](=O)[O-])CC1. The van der Waals surface area contributed by atoms with Crippen LogP contribution in [0.1, 0.15) is 39.5 Å². The first kappa shape index (κ1) is 14.8. The van der Waals surface area contributed by atoms with Crippen LogP contribution < -0.4 is 5.32 Å². The maximum Gasteiger partial charge on any atom is 0.292 e. The van der Waals surface area contributed by atoms with Crippen LogP contribution in [0.25, 0.3) is 0 Å². The second kappa shape index (κ2) is 6.20. The summed E-state index contributed by atoms with van der Waals surface area (Å²) in [6.45, 7) is 4.46. The van der Waals surface area contributed by atoms with Crippen molar-refractivity contribution in [3.63, 3.8) is 0 Å². The van der Waals surface area contributed by atoms with E-state index in [4.69, 9.17) is 0 Å². The van der Waals surface area contributed by atoms with E-state index in [0.717, 1.165) is 37.7 Å². The van der Waals surface area contributed by atoms with Crippen LogP contribution in [0.2, 0.25) is 0 Å². The van der Waals surface area contributed by atoms with E-state index >= 15 is 0 Å². The molecule has 0 saturated heterocycles. The maximum absolute atomic E-state index is 13.3. The number of nitro benzene ring substituents is 1. The Hall–Kier alpha value is -1.65. The van der Waals surface area contributed by atoms with Crippen molar-refractivity contribution < 1.29 is 9.31 Å². The molecule has 20 heavy (non-hydrogen) atoms. The van der Waals surface area contributed by atoms with Crippen LogP contribution in [0.3, 0.4) is 0 Å². The molecular formula is C15H21FN2O2. The zero-order chi connectivity index (χ0) is 14.7. The van der Waals surface area contributed by atoms with Crippen molar-refractivity contribution in [3.8, 4) is 0 Å². The molecule has 0 amide bonds. The van der Waals surface area contributed by atoms with Crippen molar-refractivity contribution >= 4 is 11.4 Å². The molecule has 1 aliphatic carbocycles.